The van der Waals surface area contributed by atoms with Gasteiger partial charge in [-0.2, -0.15) is 5.26 Å². The molecule has 1 saturated heterocycles. The highest BCUT2D eigenvalue weighted by molar-refractivity contribution is 5.92. The smallest absolute Gasteiger partial charge is 0.251 e. The maximum absolute atomic E-state index is 12.6. The van der Waals surface area contributed by atoms with Crippen molar-refractivity contribution in [1.29, 1.82) is 5.26 Å². The minimum Gasteiger partial charge on any atom is -0.470 e. The molecule has 28 heavy (non-hydrogen) atoms. The Morgan fingerprint density at radius 2 is 2.14 bits per heavy atom. The number of ether oxygens (including phenoxy) is 3. The molecule has 0 N–H and O–H groups in total. The zero-order chi connectivity index (χ0) is 19.3. The number of fused-ring (bicyclic) bond motifs is 1. The van der Waals surface area contributed by atoms with Gasteiger partial charge in [-0.25, -0.2) is 9.97 Å². The van der Waals surface area contributed by atoms with E-state index in [4.69, 9.17) is 19.5 Å². The monoisotopic (exact) mass is 378 g/mol. The van der Waals surface area contributed by atoms with Crippen LogP contribution in [0, 0.1) is 11.3 Å². The van der Waals surface area contributed by atoms with Gasteiger partial charge in [-0.15, -0.1) is 0 Å². The highest BCUT2D eigenvalue weighted by Crippen LogP contribution is 2.32. The third-order valence-corrected chi connectivity index (χ3v) is 4.55. The van der Waals surface area contributed by atoms with Crippen molar-refractivity contribution < 1.29 is 19.0 Å². The van der Waals surface area contributed by atoms with Crippen molar-refractivity contribution in [2.75, 3.05) is 19.9 Å². The molecule has 1 fully saturated rings. The maximum atomic E-state index is 12.6. The van der Waals surface area contributed by atoms with Crippen LogP contribution in [0.25, 0.3) is 6.08 Å². The van der Waals surface area contributed by atoms with Crippen molar-refractivity contribution in [3.63, 3.8) is 0 Å². The molecule has 0 saturated carbocycles. The molecular formula is C20H18N4O4. The molecule has 0 unspecified atom stereocenters. The number of aromatic nitrogens is 2. The lowest BCUT2D eigenvalue weighted by Gasteiger charge is -2.32. The Labute approximate surface area is 162 Å². The van der Waals surface area contributed by atoms with E-state index in [0.29, 0.717) is 24.6 Å². The van der Waals surface area contributed by atoms with Crippen LogP contribution in [0.3, 0.4) is 0 Å². The van der Waals surface area contributed by atoms with E-state index in [1.807, 2.05) is 24.3 Å². The summed E-state index contributed by atoms with van der Waals surface area (Å²) in [4.78, 5) is 22.3. The Morgan fingerprint density at radius 3 is 3.04 bits per heavy atom. The second kappa shape index (κ2) is 7.96. The van der Waals surface area contributed by atoms with Crippen molar-refractivity contribution in [2.24, 2.45) is 0 Å². The first kappa shape index (κ1) is 17.8. The van der Waals surface area contributed by atoms with Gasteiger partial charge in [0.05, 0.1) is 6.54 Å². The number of nitriles is 1. The fraction of sp³-hybridized carbons (Fsp3) is 0.300. The molecule has 8 nitrogen and oxygen atoms in total. The first-order valence-electron chi connectivity index (χ1n) is 8.97. The molecule has 1 amide bonds. The summed E-state index contributed by atoms with van der Waals surface area (Å²) in [7, 11) is 0. The van der Waals surface area contributed by atoms with Crippen LogP contribution in [0.2, 0.25) is 0 Å². The highest BCUT2D eigenvalue weighted by atomic mass is 16.7. The second-order valence-electron chi connectivity index (χ2n) is 6.43. The quantitative estimate of drug-likeness (QED) is 0.752. The Morgan fingerprint density at radius 1 is 1.29 bits per heavy atom. The van der Waals surface area contributed by atoms with Crippen molar-refractivity contribution in [3.8, 4) is 23.4 Å². The number of hydrogen-bond acceptors (Lipinski definition) is 7. The molecular weight excluding hydrogens is 360 g/mol. The van der Waals surface area contributed by atoms with Gasteiger partial charge in [0, 0.05) is 25.0 Å². The van der Waals surface area contributed by atoms with E-state index in [9.17, 15) is 4.79 Å². The van der Waals surface area contributed by atoms with Gasteiger partial charge in [0.15, 0.2) is 11.5 Å². The van der Waals surface area contributed by atoms with Gasteiger partial charge in [0.1, 0.15) is 12.2 Å². The number of benzene rings is 1. The van der Waals surface area contributed by atoms with E-state index in [1.165, 1.54) is 12.4 Å². The van der Waals surface area contributed by atoms with E-state index in [2.05, 4.69) is 9.97 Å². The van der Waals surface area contributed by atoms with E-state index < -0.39 is 0 Å². The van der Waals surface area contributed by atoms with Crippen LogP contribution >= 0.6 is 0 Å². The van der Waals surface area contributed by atoms with Crippen molar-refractivity contribution in [2.45, 2.75) is 18.9 Å². The summed E-state index contributed by atoms with van der Waals surface area (Å²) >= 11 is 0. The van der Waals surface area contributed by atoms with E-state index >= 15 is 0 Å². The number of carbonyl (C=O) groups excluding carboxylic acids is 1. The standard InChI is InChI=1S/C20H18N4O4/c21-11-16-20(23-8-7-22-16)28-15-2-1-9-24(12-15)19(25)6-4-14-3-5-17-18(10-14)27-13-26-17/h3-8,10,15H,1-2,9,12-13H2/b6-4+/t15-/m0/s1. The fourth-order valence-electron chi connectivity index (χ4n) is 3.17. The summed E-state index contributed by atoms with van der Waals surface area (Å²) in [5, 5.41) is 9.10. The van der Waals surface area contributed by atoms with Crippen molar-refractivity contribution >= 4 is 12.0 Å². The van der Waals surface area contributed by atoms with E-state index in [0.717, 1.165) is 18.4 Å². The molecule has 0 spiro atoms. The molecule has 142 valence electrons. The summed E-state index contributed by atoms with van der Waals surface area (Å²) in [6.07, 6.45) is 7.61. The molecule has 1 aromatic heterocycles. The summed E-state index contributed by atoms with van der Waals surface area (Å²) in [5.74, 6) is 1.50. The molecule has 0 radical (unpaired) electrons. The zero-order valence-corrected chi connectivity index (χ0v) is 15.1. The maximum Gasteiger partial charge on any atom is 0.251 e. The summed E-state index contributed by atoms with van der Waals surface area (Å²) < 4.78 is 16.5. The SMILES string of the molecule is N#Cc1nccnc1O[C@H]1CCCN(C(=O)/C=C/c2ccc3c(c2)OCO3)C1. The summed E-state index contributed by atoms with van der Waals surface area (Å²) in [5.41, 5.74) is 1.01. The minimum absolute atomic E-state index is 0.0920. The van der Waals surface area contributed by atoms with Crippen LogP contribution in [0.4, 0.5) is 0 Å². The molecule has 2 aromatic rings. The number of carbonyl (C=O) groups is 1. The number of nitrogens with zero attached hydrogens (tertiary/aromatic N) is 4. The molecule has 1 aromatic carbocycles. The number of hydrogen-bond donors (Lipinski definition) is 0. The average Bonchev–Trinajstić information content (AvgIpc) is 3.20. The lowest BCUT2D eigenvalue weighted by Crippen LogP contribution is -2.43. The normalized spacial score (nSPS) is 18.1. The minimum atomic E-state index is -0.222. The molecule has 2 aliphatic rings. The summed E-state index contributed by atoms with van der Waals surface area (Å²) in [6.45, 7) is 1.32. The van der Waals surface area contributed by atoms with Gasteiger partial charge < -0.3 is 19.1 Å². The van der Waals surface area contributed by atoms with Crippen LogP contribution < -0.4 is 14.2 Å². The first-order valence-corrected chi connectivity index (χ1v) is 8.97. The van der Waals surface area contributed by atoms with Crippen LogP contribution in [-0.4, -0.2) is 46.8 Å². The molecule has 1 atom stereocenters. The second-order valence-corrected chi connectivity index (χ2v) is 6.43. The number of piperidine rings is 1. The molecule has 8 heteroatoms. The van der Waals surface area contributed by atoms with E-state index in [1.54, 1.807) is 17.1 Å². The predicted octanol–water partition coefficient (Wildman–Crippen LogP) is 2.16. The van der Waals surface area contributed by atoms with Crippen LogP contribution in [-0.2, 0) is 4.79 Å². The number of likely N-dealkylation sites (tertiary alicyclic amines) is 1. The first-order chi connectivity index (χ1) is 13.7. The highest BCUT2D eigenvalue weighted by Gasteiger charge is 2.25. The van der Waals surface area contributed by atoms with Crippen molar-refractivity contribution in [1.82, 2.24) is 14.9 Å². The number of amides is 1. The third kappa shape index (κ3) is 3.88. The lowest BCUT2D eigenvalue weighted by atomic mass is 10.1. The van der Waals surface area contributed by atoms with E-state index in [-0.39, 0.29) is 30.4 Å². The van der Waals surface area contributed by atoms with Crippen LogP contribution in [0.15, 0.2) is 36.7 Å². The molecule has 0 aliphatic carbocycles. The fourth-order valence-corrected chi connectivity index (χ4v) is 3.17. The average molecular weight is 378 g/mol. The molecule has 2 aliphatic heterocycles. The Hall–Kier alpha value is -3.60. The van der Waals surface area contributed by atoms with Gasteiger partial charge in [-0.3, -0.25) is 4.79 Å². The molecule has 3 heterocycles. The molecule has 0 bridgehead atoms. The van der Waals surface area contributed by atoms with Gasteiger partial charge in [0.25, 0.3) is 5.88 Å². The Balaban J connectivity index is 1.38. The number of rotatable bonds is 4. The van der Waals surface area contributed by atoms with Gasteiger partial charge in [-0.05, 0) is 36.6 Å². The molecule has 4 rings (SSSR count). The summed E-state index contributed by atoms with van der Waals surface area (Å²) in [6, 6.07) is 7.50. The van der Waals surface area contributed by atoms with Crippen LogP contribution in [0.5, 0.6) is 17.4 Å². The van der Waals surface area contributed by atoms with Gasteiger partial charge >= 0.3 is 0 Å². The van der Waals surface area contributed by atoms with Crippen LogP contribution in [0.1, 0.15) is 24.1 Å². The lowest BCUT2D eigenvalue weighted by molar-refractivity contribution is -0.128. The van der Waals surface area contributed by atoms with Gasteiger partial charge in [0.2, 0.25) is 18.4 Å². The largest absolute Gasteiger partial charge is 0.470 e. The van der Waals surface area contributed by atoms with Crippen molar-refractivity contribution in [3.05, 3.63) is 47.9 Å². The topological polar surface area (TPSA) is 97.6 Å². The Kier molecular flexibility index (Phi) is 5.06. The zero-order valence-electron chi connectivity index (χ0n) is 15.1. The third-order valence-electron chi connectivity index (χ3n) is 4.55. The van der Waals surface area contributed by atoms with Gasteiger partial charge in [-0.1, -0.05) is 6.07 Å². The Bertz CT molecular complexity index is 953. The predicted molar refractivity (Wildman–Crippen MR) is 98.6 cm³/mol.